The van der Waals surface area contributed by atoms with Crippen LogP contribution in [0.5, 0.6) is 5.88 Å². The number of aromatic carboxylic acids is 1. The molecule has 0 radical (unpaired) electrons. The van der Waals surface area contributed by atoms with Gasteiger partial charge >= 0.3 is 12.1 Å². The summed E-state index contributed by atoms with van der Waals surface area (Å²) in [5.41, 5.74) is 2.08. The van der Waals surface area contributed by atoms with Gasteiger partial charge in [-0.25, -0.2) is 14.8 Å². The maximum absolute atomic E-state index is 12.9. The van der Waals surface area contributed by atoms with Crippen molar-refractivity contribution in [1.82, 2.24) is 19.4 Å². The monoisotopic (exact) mass is 586 g/mol. The number of piperidine rings is 1. The zero-order valence-electron chi connectivity index (χ0n) is 22.1. The molecule has 2 aliphatic heterocycles. The summed E-state index contributed by atoms with van der Waals surface area (Å²) in [5.74, 6) is 0.578. The molecule has 41 heavy (non-hydrogen) atoms. The molecule has 0 bridgehead atoms. The van der Waals surface area contributed by atoms with Crippen molar-refractivity contribution in [2.75, 3.05) is 19.7 Å². The molecule has 6 rings (SSSR count). The van der Waals surface area contributed by atoms with Gasteiger partial charge in [0.15, 0.2) is 0 Å². The summed E-state index contributed by atoms with van der Waals surface area (Å²) in [6.45, 7) is 3.76. The molecule has 12 heteroatoms. The number of benzene rings is 1. The number of rotatable bonds is 9. The van der Waals surface area contributed by atoms with E-state index in [0.717, 1.165) is 84.3 Å². The summed E-state index contributed by atoms with van der Waals surface area (Å²) in [7, 11) is 0. The van der Waals surface area contributed by atoms with Crippen molar-refractivity contribution >= 4 is 28.3 Å². The number of pyridine rings is 1. The fourth-order valence-corrected chi connectivity index (χ4v) is 6.14. The molecule has 3 aromatic heterocycles. The molecule has 0 spiro atoms. The number of imidazole rings is 1. The third kappa shape index (κ3) is 6.24. The minimum atomic E-state index is -4.36. The Kier molecular flexibility index (Phi) is 7.71. The number of carbonyl (C=O) groups is 1. The van der Waals surface area contributed by atoms with E-state index >= 15 is 0 Å². The van der Waals surface area contributed by atoms with Crippen molar-refractivity contribution in [2.45, 2.75) is 57.2 Å². The SMILES string of the molecule is O=C(O)c1ccc2nc(CN3CCC(c4cccc(OCc5cc(C(F)(F)F)cs5)n4)CC3)n(CC3CCO3)c2c1. The number of nitrogens with zero attached hydrogens (tertiary/aromatic N) is 4. The molecule has 2 aliphatic rings. The van der Waals surface area contributed by atoms with Crippen LogP contribution in [0.2, 0.25) is 0 Å². The van der Waals surface area contributed by atoms with E-state index in [9.17, 15) is 23.1 Å². The van der Waals surface area contributed by atoms with Crippen LogP contribution in [-0.2, 0) is 30.6 Å². The molecule has 5 heterocycles. The van der Waals surface area contributed by atoms with E-state index in [2.05, 4.69) is 14.5 Å². The van der Waals surface area contributed by atoms with Crippen LogP contribution >= 0.6 is 11.3 Å². The first-order chi connectivity index (χ1) is 19.7. The Hall–Kier alpha value is -3.48. The topological polar surface area (TPSA) is 89.7 Å². The second kappa shape index (κ2) is 11.4. The van der Waals surface area contributed by atoms with Gasteiger partial charge in [-0.2, -0.15) is 13.2 Å². The van der Waals surface area contributed by atoms with Gasteiger partial charge in [0.2, 0.25) is 5.88 Å². The first-order valence-corrected chi connectivity index (χ1v) is 14.4. The lowest BCUT2D eigenvalue weighted by atomic mass is 9.93. The Morgan fingerprint density at radius 3 is 2.61 bits per heavy atom. The van der Waals surface area contributed by atoms with E-state index in [1.54, 1.807) is 24.3 Å². The quantitative estimate of drug-likeness (QED) is 0.259. The molecular weight excluding hydrogens is 557 g/mol. The number of likely N-dealkylation sites (tertiary alicyclic amines) is 1. The van der Waals surface area contributed by atoms with E-state index in [1.165, 1.54) is 0 Å². The van der Waals surface area contributed by atoms with Gasteiger partial charge in [0, 0.05) is 34.5 Å². The van der Waals surface area contributed by atoms with Crippen molar-refractivity contribution in [2.24, 2.45) is 0 Å². The molecule has 0 aliphatic carbocycles. The number of carboxylic acid groups (broad SMARTS) is 1. The number of carboxylic acids is 1. The fraction of sp³-hybridized carbons (Fsp3) is 0.414. The van der Waals surface area contributed by atoms with Gasteiger partial charge in [0.1, 0.15) is 12.4 Å². The lowest BCUT2D eigenvalue weighted by Crippen LogP contribution is -2.35. The zero-order chi connectivity index (χ0) is 28.6. The number of ether oxygens (including phenoxy) is 2. The summed E-state index contributed by atoms with van der Waals surface area (Å²) in [6.07, 6.45) is -1.49. The van der Waals surface area contributed by atoms with Crippen molar-refractivity contribution in [3.05, 3.63) is 75.4 Å². The van der Waals surface area contributed by atoms with E-state index < -0.39 is 17.7 Å². The maximum Gasteiger partial charge on any atom is 0.417 e. The number of halogens is 3. The predicted octanol–water partition coefficient (Wildman–Crippen LogP) is 5.96. The van der Waals surface area contributed by atoms with E-state index in [1.807, 2.05) is 12.1 Å². The molecule has 4 aromatic rings. The fourth-order valence-electron chi connectivity index (χ4n) is 5.34. The molecule has 2 fully saturated rings. The molecule has 1 N–H and O–H groups in total. The molecule has 2 saturated heterocycles. The van der Waals surface area contributed by atoms with Gasteiger partial charge in [-0.1, -0.05) is 6.07 Å². The van der Waals surface area contributed by atoms with Crippen molar-refractivity contribution in [3.63, 3.8) is 0 Å². The number of fused-ring (bicyclic) bond motifs is 1. The molecule has 0 amide bonds. The van der Waals surface area contributed by atoms with Crippen LogP contribution in [0.25, 0.3) is 11.0 Å². The molecule has 216 valence electrons. The maximum atomic E-state index is 12.9. The highest BCUT2D eigenvalue weighted by Gasteiger charge is 2.31. The average molecular weight is 587 g/mol. The Morgan fingerprint density at radius 2 is 1.93 bits per heavy atom. The van der Waals surface area contributed by atoms with Crippen LogP contribution in [0.3, 0.4) is 0 Å². The molecule has 1 unspecified atom stereocenters. The van der Waals surface area contributed by atoms with Gasteiger partial charge in [-0.3, -0.25) is 4.90 Å². The Bertz CT molecular complexity index is 1540. The minimum Gasteiger partial charge on any atom is -0.478 e. The van der Waals surface area contributed by atoms with Crippen LogP contribution in [-0.4, -0.2) is 56.3 Å². The van der Waals surface area contributed by atoms with E-state index in [0.29, 0.717) is 23.8 Å². The number of thiophene rings is 1. The van der Waals surface area contributed by atoms with Gasteiger partial charge in [0.05, 0.1) is 41.4 Å². The minimum absolute atomic E-state index is 0.0382. The smallest absolute Gasteiger partial charge is 0.417 e. The molecule has 1 aromatic carbocycles. The molecular formula is C29H29F3N4O4S. The Morgan fingerprint density at radius 1 is 1.12 bits per heavy atom. The van der Waals surface area contributed by atoms with E-state index in [-0.39, 0.29) is 24.2 Å². The van der Waals surface area contributed by atoms with Gasteiger partial charge in [-0.15, -0.1) is 11.3 Å². The van der Waals surface area contributed by atoms with Gasteiger partial charge in [0.25, 0.3) is 0 Å². The highest BCUT2D eigenvalue weighted by atomic mass is 32.1. The predicted molar refractivity (Wildman–Crippen MR) is 146 cm³/mol. The molecule has 8 nitrogen and oxygen atoms in total. The highest BCUT2D eigenvalue weighted by Crippen LogP contribution is 2.33. The third-order valence-electron chi connectivity index (χ3n) is 7.71. The molecule has 0 saturated carbocycles. The third-order valence-corrected chi connectivity index (χ3v) is 8.62. The Labute approximate surface area is 238 Å². The Balaban J connectivity index is 1.09. The lowest BCUT2D eigenvalue weighted by Gasteiger charge is -2.32. The summed E-state index contributed by atoms with van der Waals surface area (Å²) < 4.78 is 52.1. The normalized spacial score (nSPS) is 18.5. The first-order valence-electron chi connectivity index (χ1n) is 13.5. The van der Waals surface area contributed by atoms with Crippen LogP contribution in [0.15, 0.2) is 47.8 Å². The number of alkyl halides is 3. The summed E-state index contributed by atoms with van der Waals surface area (Å²) >= 11 is 1.02. The first kappa shape index (κ1) is 27.7. The second-order valence-corrected chi connectivity index (χ2v) is 11.5. The zero-order valence-corrected chi connectivity index (χ0v) is 23.0. The second-order valence-electron chi connectivity index (χ2n) is 10.5. The summed E-state index contributed by atoms with van der Waals surface area (Å²) in [5, 5.41) is 10.6. The van der Waals surface area contributed by atoms with Crippen LogP contribution in [0, 0.1) is 0 Å². The standard InChI is InChI=1S/C29H29F3N4O4S/c30-29(31,32)20-13-22(41-17-20)16-40-27-3-1-2-23(34-27)18-6-9-35(10-7-18)15-26-33-24-5-4-19(28(37)38)12-25(24)36(26)14-21-8-11-39-21/h1-5,12-13,17-18,21H,6-11,14-16H2,(H,37,38). The van der Waals surface area contributed by atoms with Crippen molar-refractivity contribution in [1.29, 1.82) is 0 Å². The van der Waals surface area contributed by atoms with E-state index in [4.69, 9.17) is 14.5 Å². The van der Waals surface area contributed by atoms with Crippen LogP contribution in [0.4, 0.5) is 13.2 Å². The number of aromatic nitrogens is 3. The highest BCUT2D eigenvalue weighted by molar-refractivity contribution is 7.10. The van der Waals surface area contributed by atoms with Gasteiger partial charge < -0.3 is 19.1 Å². The summed E-state index contributed by atoms with van der Waals surface area (Å²) in [4.78, 5) is 23.9. The lowest BCUT2D eigenvalue weighted by molar-refractivity contribution is -0.137. The van der Waals surface area contributed by atoms with Crippen molar-refractivity contribution < 1.29 is 32.5 Å². The molecule has 1 atom stereocenters. The van der Waals surface area contributed by atoms with Gasteiger partial charge in [-0.05, 0) is 62.7 Å². The van der Waals surface area contributed by atoms with Crippen molar-refractivity contribution in [3.8, 4) is 5.88 Å². The number of hydrogen-bond acceptors (Lipinski definition) is 7. The largest absolute Gasteiger partial charge is 0.478 e. The summed E-state index contributed by atoms with van der Waals surface area (Å²) in [6, 6.07) is 11.7. The van der Waals surface area contributed by atoms with Crippen LogP contribution < -0.4 is 4.74 Å². The average Bonchev–Trinajstić information content (AvgIpc) is 3.54. The van der Waals surface area contributed by atoms with Crippen LogP contribution in [0.1, 0.15) is 57.5 Å². The number of hydrogen-bond donors (Lipinski definition) is 1.